The number of fused-ring (bicyclic) bond motifs is 1. The van der Waals surface area contributed by atoms with Crippen LogP contribution in [0.1, 0.15) is 22.0 Å². The number of benzene rings is 2. The smallest absolute Gasteiger partial charge is 0.230 e. The van der Waals surface area contributed by atoms with Gasteiger partial charge in [0.05, 0.1) is 24.3 Å². The maximum Gasteiger partial charge on any atom is 0.230 e. The molecule has 184 valence electrons. The van der Waals surface area contributed by atoms with Gasteiger partial charge in [0, 0.05) is 32.7 Å². The Hall–Kier alpha value is -3.66. The predicted octanol–water partition coefficient (Wildman–Crippen LogP) is 4.67. The van der Waals surface area contributed by atoms with Crippen LogP contribution in [0, 0.1) is 0 Å². The van der Waals surface area contributed by atoms with Crippen molar-refractivity contribution in [1.29, 1.82) is 0 Å². The van der Waals surface area contributed by atoms with E-state index < -0.39 is 0 Å². The Bertz CT molecular complexity index is 1440. The molecule has 9 heteroatoms. The molecule has 0 radical (unpaired) electrons. The molecule has 1 saturated heterocycles. The Morgan fingerprint density at radius 3 is 2.58 bits per heavy atom. The minimum absolute atomic E-state index is 0.111. The molecular formula is C27H27N5O3S. The zero-order chi connectivity index (χ0) is 24.5. The molecule has 4 heterocycles. The number of ether oxygens (including phenoxy) is 1. The van der Waals surface area contributed by atoms with Gasteiger partial charge in [0.2, 0.25) is 16.7 Å². The number of methoxy groups -OCH3 is 1. The molecule has 3 aromatic heterocycles. The van der Waals surface area contributed by atoms with Crippen LogP contribution in [0.25, 0.3) is 16.5 Å². The highest BCUT2D eigenvalue weighted by Crippen LogP contribution is 2.41. The summed E-state index contributed by atoms with van der Waals surface area (Å²) in [6.45, 7) is 4.58. The van der Waals surface area contributed by atoms with Gasteiger partial charge < -0.3 is 14.3 Å². The third-order valence-electron chi connectivity index (χ3n) is 6.62. The highest BCUT2D eigenvalue weighted by Gasteiger charge is 2.32. The van der Waals surface area contributed by atoms with Gasteiger partial charge in [0.1, 0.15) is 5.75 Å². The van der Waals surface area contributed by atoms with E-state index in [1.54, 1.807) is 19.4 Å². The Labute approximate surface area is 213 Å². The molecule has 2 aromatic carbocycles. The number of hydrogen-bond acceptors (Lipinski definition) is 8. The molecule has 0 bridgehead atoms. The summed E-state index contributed by atoms with van der Waals surface area (Å²) in [6.07, 6.45) is 1.59. The van der Waals surface area contributed by atoms with Crippen LogP contribution in [-0.2, 0) is 6.54 Å². The summed E-state index contributed by atoms with van der Waals surface area (Å²) in [6, 6.07) is 22.1. The first kappa shape index (κ1) is 22.8. The summed E-state index contributed by atoms with van der Waals surface area (Å²) < 4.78 is 12.5. The first-order chi connectivity index (χ1) is 17.7. The van der Waals surface area contributed by atoms with Crippen molar-refractivity contribution in [3.05, 3.63) is 89.0 Å². The standard InChI is InChI=1S/C27H27N5O3S/c1-34-21-10-5-9-20(17-21)23(31-14-12-30(13-15-31)18-19-7-3-2-4-8-19)24-26(33)32-27(36-24)28-25(29-32)22-11-6-16-35-22/h2-11,16-17,23,33H,12-15,18H2,1H3. The zero-order valence-corrected chi connectivity index (χ0v) is 20.8. The second-order valence-electron chi connectivity index (χ2n) is 8.87. The fraction of sp³-hybridized carbons (Fsp3) is 0.259. The molecule has 0 amide bonds. The van der Waals surface area contributed by atoms with Gasteiger partial charge >= 0.3 is 0 Å². The fourth-order valence-corrected chi connectivity index (χ4v) is 5.92. The minimum Gasteiger partial charge on any atom is -0.497 e. The van der Waals surface area contributed by atoms with E-state index in [-0.39, 0.29) is 11.9 Å². The largest absolute Gasteiger partial charge is 0.497 e. The van der Waals surface area contributed by atoms with Gasteiger partial charge in [0.15, 0.2) is 5.76 Å². The van der Waals surface area contributed by atoms with E-state index in [2.05, 4.69) is 56.3 Å². The molecule has 36 heavy (non-hydrogen) atoms. The van der Waals surface area contributed by atoms with Gasteiger partial charge in [0.25, 0.3) is 0 Å². The van der Waals surface area contributed by atoms with E-state index in [9.17, 15) is 5.11 Å². The molecule has 1 N–H and O–H groups in total. The van der Waals surface area contributed by atoms with Crippen molar-refractivity contribution in [3.63, 3.8) is 0 Å². The Morgan fingerprint density at radius 2 is 1.86 bits per heavy atom. The van der Waals surface area contributed by atoms with Crippen LogP contribution in [0.4, 0.5) is 0 Å². The number of aromatic hydroxyl groups is 1. The molecule has 6 rings (SSSR count). The van der Waals surface area contributed by atoms with Crippen LogP contribution < -0.4 is 4.74 Å². The molecule has 1 aliphatic rings. The lowest BCUT2D eigenvalue weighted by Gasteiger charge is -2.39. The quantitative estimate of drug-likeness (QED) is 0.347. The van der Waals surface area contributed by atoms with Crippen LogP contribution in [-0.4, -0.2) is 62.8 Å². The molecule has 1 aliphatic heterocycles. The molecule has 0 saturated carbocycles. The highest BCUT2D eigenvalue weighted by atomic mass is 32.1. The first-order valence-corrected chi connectivity index (χ1v) is 12.8. The maximum atomic E-state index is 11.3. The lowest BCUT2D eigenvalue weighted by Crippen LogP contribution is -2.47. The molecule has 0 spiro atoms. The first-order valence-electron chi connectivity index (χ1n) is 12.0. The molecule has 1 atom stereocenters. The molecule has 1 unspecified atom stereocenters. The molecular weight excluding hydrogens is 474 g/mol. The average Bonchev–Trinajstić information content (AvgIpc) is 3.65. The third-order valence-corrected chi connectivity index (χ3v) is 7.69. The third kappa shape index (κ3) is 4.37. The van der Waals surface area contributed by atoms with Gasteiger partial charge in [-0.25, -0.2) is 0 Å². The number of thiazole rings is 1. The van der Waals surface area contributed by atoms with E-state index in [0.29, 0.717) is 16.5 Å². The van der Waals surface area contributed by atoms with Gasteiger partial charge in [-0.2, -0.15) is 9.50 Å². The summed E-state index contributed by atoms with van der Waals surface area (Å²) in [5, 5.41) is 15.8. The lowest BCUT2D eigenvalue weighted by atomic mass is 10.0. The number of aromatic nitrogens is 3. The number of rotatable bonds is 7. The monoisotopic (exact) mass is 501 g/mol. The Kier molecular flexibility index (Phi) is 6.18. The van der Waals surface area contributed by atoms with Crippen molar-refractivity contribution in [2.45, 2.75) is 12.6 Å². The van der Waals surface area contributed by atoms with Crippen LogP contribution in [0.15, 0.2) is 77.4 Å². The number of furan rings is 1. The maximum absolute atomic E-state index is 11.3. The summed E-state index contributed by atoms with van der Waals surface area (Å²) in [4.78, 5) is 11.0. The topological polar surface area (TPSA) is 79.3 Å². The van der Waals surface area contributed by atoms with Crippen LogP contribution in [0.2, 0.25) is 0 Å². The van der Waals surface area contributed by atoms with Crippen LogP contribution in [0.3, 0.4) is 0 Å². The minimum atomic E-state index is -0.139. The summed E-state index contributed by atoms with van der Waals surface area (Å²) >= 11 is 1.46. The average molecular weight is 502 g/mol. The van der Waals surface area contributed by atoms with Crippen molar-refractivity contribution in [2.24, 2.45) is 0 Å². The Balaban J connectivity index is 1.31. The van der Waals surface area contributed by atoms with Crippen molar-refractivity contribution in [2.75, 3.05) is 33.3 Å². The number of piperazine rings is 1. The molecule has 8 nitrogen and oxygen atoms in total. The van der Waals surface area contributed by atoms with Crippen molar-refractivity contribution >= 4 is 16.3 Å². The predicted molar refractivity (Wildman–Crippen MR) is 138 cm³/mol. The van der Waals surface area contributed by atoms with E-state index in [1.165, 1.54) is 21.4 Å². The van der Waals surface area contributed by atoms with E-state index in [0.717, 1.165) is 48.9 Å². The van der Waals surface area contributed by atoms with Crippen LogP contribution >= 0.6 is 11.3 Å². The fourth-order valence-electron chi connectivity index (χ4n) is 4.80. The Morgan fingerprint density at radius 1 is 1.03 bits per heavy atom. The van der Waals surface area contributed by atoms with E-state index >= 15 is 0 Å². The summed E-state index contributed by atoms with van der Waals surface area (Å²) in [5.74, 6) is 1.94. The SMILES string of the molecule is COc1cccc(C(c2sc3nc(-c4ccco4)nn3c2O)N2CCN(Cc3ccccc3)CC2)c1. The summed E-state index contributed by atoms with van der Waals surface area (Å²) in [5.41, 5.74) is 2.39. The van der Waals surface area contributed by atoms with Crippen LogP contribution in [0.5, 0.6) is 11.6 Å². The second kappa shape index (κ2) is 9.77. The van der Waals surface area contributed by atoms with Crippen molar-refractivity contribution in [1.82, 2.24) is 24.4 Å². The molecule has 0 aliphatic carbocycles. The number of hydrogen-bond donors (Lipinski definition) is 1. The van der Waals surface area contributed by atoms with Gasteiger partial charge in [-0.05, 0) is 35.4 Å². The summed E-state index contributed by atoms with van der Waals surface area (Å²) in [7, 11) is 1.67. The van der Waals surface area contributed by atoms with Crippen molar-refractivity contribution < 1.29 is 14.3 Å². The molecule has 5 aromatic rings. The van der Waals surface area contributed by atoms with E-state index in [4.69, 9.17) is 9.15 Å². The van der Waals surface area contributed by atoms with E-state index in [1.807, 2.05) is 24.3 Å². The van der Waals surface area contributed by atoms with Gasteiger partial charge in [-0.3, -0.25) is 9.80 Å². The second-order valence-corrected chi connectivity index (χ2v) is 9.88. The van der Waals surface area contributed by atoms with Gasteiger partial charge in [-0.15, -0.1) is 5.10 Å². The van der Waals surface area contributed by atoms with Gasteiger partial charge in [-0.1, -0.05) is 53.8 Å². The molecule has 1 fully saturated rings. The normalized spacial score (nSPS) is 15.9. The van der Waals surface area contributed by atoms with Crippen molar-refractivity contribution in [3.8, 4) is 23.2 Å². The zero-order valence-electron chi connectivity index (χ0n) is 19.9. The lowest BCUT2D eigenvalue weighted by molar-refractivity contribution is 0.105. The number of nitrogens with zero attached hydrogens (tertiary/aromatic N) is 5. The highest BCUT2D eigenvalue weighted by molar-refractivity contribution is 7.17.